The summed E-state index contributed by atoms with van der Waals surface area (Å²) in [6.07, 6.45) is 0. The normalized spacial score (nSPS) is 10.2. The Kier molecular flexibility index (Phi) is 4.15. The molecule has 20 heavy (non-hydrogen) atoms. The largest absolute Gasteiger partial charge is 0.465 e. The molecule has 2 aromatic carbocycles. The lowest BCUT2D eigenvalue weighted by Gasteiger charge is -2.13. The number of halogens is 1. The lowest BCUT2D eigenvalue weighted by atomic mass is 10.1. The smallest absolute Gasteiger partial charge is 0.340 e. The molecule has 0 aliphatic rings. The first-order valence-electron chi connectivity index (χ1n) is 6.03. The van der Waals surface area contributed by atoms with Crippen LogP contribution in [0.5, 0.6) is 0 Å². The van der Waals surface area contributed by atoms with Crippen LogP contribution >= 0.6 is 11.6 Å². The van der Waals surface area contributed by atoms with Crippen LogP contribution in [0.15, 0.2) is 36.4 Å². The van der Waals surface area contributed by atoms with Crippen LogP contribution in [0.25, 0.3) is 0 Å². The van der Waals surface area contributed by atoms with Gasteiger partial charge in [0.2, 0.25) is 0 Å². The lowest BCUT2D eigenvalue weighted by Crippen LogP contribution is -2.07. The minimum atomic E-state index is -0.471. The zero-order chi connectivity index (χ0) is 14.7. The lowest BCUT2D eigenvalue weighted by molar-refractivity contribution is 0.0602. The summed E-state index contributed by atoms with van der Waals surface area (Å²) in [7, 11) is 1.32. The number of methoxy groups -OCH3 is 1. The number of hydrogen-bond donors (Lipinski definition) is 2. The summed E-state index contributed by atoms with van der Waals surface area (Å²) >= 11 is 6.17. The van der Waals surface area contributed by atoms with Gasteiger partial charge in [-0.25, -0.2) is 4.79 Å². The molecule has 0 unspecified atom stereocenters. The van der Waals surface area contributed by atoms with Crippen LogP contribution in [-0.2, 0) is 4.74 Å². The first-order chi connectivity index (χ1) is 9.52. The average Bonchev–Trinajstić information content (AvgIpc) is 2.43. The number of para-hydroxylation sites is 1. The Labute approximate surface area is 122 Å². The number of esters is 1. The van der Waals surface area contributed by atoms with Gasteiger partial charge in [-0.05, 0) is 36.8 Å². The molecular formula is C15H15ClN2O2. The standard InChI is InChI=1S/C15H15ClN2O2/c1-9-6-7-12(11(16)8-9)18-13-5-3-4-10(14(13)17)15(19)20-2/h3-8,18H,17H2,1-2H3. The summed E-state index contributed by atoms with van der Waals surface area (Å²) in [6.45, 7) is 1.96. The molecule has 0 bridgehead atoms. The summed E-state index contributed by atoms with van der Waals surface area (Å²) in [5.74, 6) is -0.471. The molecule has 0 saturated carbocycles. The van der Waals surface area contributed by atoms with Crippen molar-refractivity contribution in [3.8, 4) is 0 Å². The number of anilines is 3. The van der Waals surface area contributed by atoms with Crippen molar-refractivity contribution in [3.05, 3.63) is 52.5 Å². The van der Waals surface area contributed by atoms with Crippen LogP contribution in [-0.4, -0.2) is 13.1 Å². The molecule has 4 nitrogen and oxygen atoms in total. The molecule has 0 aliphatic carbocycles. The van der Waals surface area contributed by atoms with E-state index in [1.54, 1.807) is 18.2 Å². The molecule has 2 aromatic rings. The quantitative estimate of drug-likeness (QED) is 0.667. The van der Waals surface area contributed by atoms with Gasteiger partial charge < -0.3 is 15.8 Å². The Morgan fingerprint density at radius 1 is 1.25 bits per heavy atom. The third-order valence-corrected chi connectivity index (χ3v) is 3.22. The molecule has 2 rings (SSSR count). The Morgan fingerprint density at radius 2 is 2.00 bits per heavy atom. The number of carbonyl (C=O) groups is 1. The Hall–Kier alpha value is -2.20. The van der Waals surface area contributed by atoms with E-state index in [1.807, 2.05) is 25.1 Å². The number of nitrogens with one attached hydrogen (secondary N) is 1. The van der Waals surface area contributed by atoms with Crippen LogP contribution in [0, 0.1) is 6.92 Å². The van der Waals surface area contributed by atoms with Crippen molar-refractivity contribution in [2.75, 3.05) is 18.2 Å². The first-order valence-corrected chi connectivity index (χ1v) is 6.40. The van der Waals surface area contributed by atoms with Crippen molar-refractivity contribution < 1.29 is 9.53 Å². The van der Waals surface area contributed by atoms with Crippen molar-refractivity contribution in [1.82, 2.24) is 0 Å². The van der Waals surface area contributed by atoms with Gasteiger partial charge in [0, 0.05) is 0 Å². The van der Waals surface area contributed by atoms with E-state index in [2.05, 4.69) is 10.1 Å². The molecular weight excluding hydrogens is 276 g/mol. The summed E-state index contributed by atoms with van der Waals surface area (Å²) < 4.78 is 4.69. The molecule has 0 radical (unpaired) electrons. The van der Waals surface area contributed by atoms with Crippen LogP contribution in [0.1, 0.15) is 15.9 Å². The highest BCUT2D eigenvalue weighted by Gasteiger charge is 2.13. The van der Waals surface area contributed by atoms with Crippen molar-refractivity contribution in [2.45, 2.75) is 6.92 Å². The van der Waals surface area contributed by atoms with E-state index in [-0.39, 0.29) is 0 Å². The third-order valence-electron chi connectivity index (χ3n) is 2.91. The molecule has 0 amide bonds. The van der Waals surface area contributed by atoms with Crippen LogP contribution in [0.2, 0.25) is 5.02 Å². The van der Waals surface area contributed by atoms with Gasteiger partial charge >= 0.3 is 5.97 Å². The summed E-state index contributed by atoms with van der Waals surface area (Å²) in [5.41, 5.74) is 9.04. The monoisotopic (exact) mass is 290 g/mol. The molecule has 0 atom stereocenters. The van der Waals surface area contributed by atoms with Gasteiger partial charge in [0.1, 0.15) is 0 Å². The maximum absolute atomic E-state index is 11.6. The minimum Gasteiger partial charge on any atom is -0.465 e. The number of aryl methyl sites for hydroxylation is 1. The van der Waals surface area contributed by atoms with E-state index in [4.69, 9.17) is 17.3 Å². The highest BCUT2D eigenvalue weighted by molar-refractivity contribution is 6.33. The molecule has 0 spiro atoms. The first kappa shape index (κ1) is 14.2. The number of ether oxygens (including phenoxy) is 1. The fourth-order valence-corrected chi connectivity index (χ4v) is 2.11. The molecule has 3 N–H and O–H groups in total. The Bertz CT molecular complexity index is 656. The second kappa shape index (κ2) is 5.84. The van der Waals surface area contributed by atoms with Crippen molar-refractivity contribution in [1.29, 1.82) is 0 Å². The van der Waals surface area contributed by atoms with Gasteiger partial charge in [-0.3, -0.25) is 0 Å². The molecule has 104 valence electrons. The van der Waals surface area contributed by atoms with E-state index in [9.17, 15) is 4.79 Å². The summed E-state index contributed by atoms with van der Waals surface area (Å²) in [5, 5.41) is 3.71. The van der Waals surface area contributed by atoms with Gasteiger partial charge in [0.15, 0.2) is 0 Å². The highest BCUT2D eigenvalue weighted by atomic mass is 35.5. The number of rotatable bonds is 3. The summed E-state index contributed by atoms with van der Waals surface area (Å²) in [6, 6.07) is 10.8. The fourth-order valence-electron chi connectivity index (χ4n) is 1.83. The van der Waals surface area contributed by atoms with Crippen LogP contribution < -0.4 is 11.1 Å². The minimum absolute atomic E-state index is 0.320. The van der Waals surface area contributed by atoms with Crippen molar-refractivity contribution in [2.24, 2.45) is 0 Å². The van der Waals surface area contributed by atoms with Gasteiger partial charge in [-0.15, -0.1) is 0 Å². The van der Waals surface area contributed by atoms with Crippen molar-refractivity contribution >= 4 is 34.6 Å². The predicted octanol–water partition coefficient (Wildman–Crippen LogP) is 3.76. The van der Waals surface area contributed by atoms with Crippen LogP contribution in [0.4, 0.5) is 17.1 Å². The van der Waals surface area contributed by atoms with E-state index in [0.717, 1.165) is 11.3 Å². The number of nitrogens with two attached hydrogens (primary N) is 1. The van der Waals surface area contributed by atoms with Crippen molar-refractivity contribution in [3.63, 3.8) is 0 Å². The number of benzene rings is 2. The van der Waals surface area contributed by atoms with E-state index < -0.39 is 5.97 Å². The SMILES string of the molecule is COC(=O)c1cccc(Nc2ccc(C)cc2Cl)c1N. The maximum Gasteiger partial charge on any atom is 0.340 e. The van der Waals surface area contributed by atoms with Gasteiger partial charge in [-0.1, -0.05) is 23.7 Å². The zero-order valence-corrected chi connectivity index (χ0v) is 12.0. The molecule has 5 heteroatoms. The van der Waals surface area contributed by atoms with E-state index in [0.29, 0.717) is 22.0 Å². The summed E-state index contributed by atoms with van der Waals surface area (Å²) in [4.78, 5) is 11.6. The Morgan fingerprint density at radius 3 is 2.65 bits per heavy atom. The molecule has 0 aliphatic heterocycles. The highest BCUT2D eigenvalue weighted by Crippen LogP contribution is 2.30. The Balaban J connectivity index is 2.37. The van der Waals surface area contributed by atoms with Crippen LogP contribution in [0.3, 0.4) is 0 Å². The third kappa shape index (κ3) is 2.86. The molecule has 0 saturated heterocycles. The molecule has 0 fully saturated rings. The predicted molar refractivity (Wildman–Crippen MR) is 81.7 cm³/mol. The fraction of sp³-hybridized carbons (Fsp3) is 0.133. The van der Waals surface area contributed by atoms with E-state index in [1.165, 1.54) is 7.11 Å². The number of hydrogen-bond acceptors (Lipinski definition) is 4. The average molecular weight is 291 g/mol. The van der Waals surface area contributed by atoms with Gasteiger partial charge in [0.05, 0.1) is 34.8 Å². The number of nitrogen functional groups attached to an aromatic ring is 1. The zero-order valence-electron chi connectivity index (χ0n) is 11.2. The van der Waals surface area contributed by atoms with Gasteiger partial charge in [-0.2, -0.15) is 0 Å². The van der Waals surface area contributed by atoms with Gasteiger partial charge in [0.25, 0.3) is 0 Å². The maximum atomic E-state index is 11.6. The number of carbonyl (C=O) groups excluding carboxylic acids is 1. The molecule has 0 aromatic heterocycles. The molecule has 0 heterocycles. The second-order valence-electron chi connectivity index (χ2n) is 4.37. The second-order valence-corrected chi connectivity index (χ2v) is 4.77. The van der Waals surface area contributed by atoms with E-state index >= 15 is 0 Å². The topological polar surface area (TPSA) is 64.3 Å².